The Morgan fingerprint density at radius 1 is 1.50 bits per heavy atom. The van der Waals surface area contributed by atoms with Crippen LogP contribution in [0.2, 0.25) is 0 Å². The van der Waals surface area contributed by atoms with E-state index in [4.69, 9.17) is 4.74 Å². The van der Waals surface area contributed by atoms with Crippen molar-refractivity contribution in [1.82, 2.24) is 0 Å². The van der Waals surface area contributed by atoms with Gasteiger partial charge in [0.1, 0.15) is 5.75 Å². The zero-order valence-corrected chi connectivity index (χ0v) is 8.32. The molecule has 1 aromatic carbocycles. The van der Waals surface area contributed by atoms with E-state index in [0.29, 0.717) is 12.8 Å². The first-order valence-corrected chi connectivity index (χ1v) is 4.55. The third kappa shape index (κ3) is 2.73. The summed E-state index contributed by atoms with van der Waals surface area (Å²) in [5.74, 6) is 0.903. The summed E-state index contributed by atoms with van der Waals surface area (Å²) in [5.41, 5.74) is 1.06. The van der Waals surface area contributed by atoms with E-state index in [1.165, 1.54) is 6.08 Å². The van der Waals surface area contributed by atoms with Crippen molar-refractivity contribution in [2.75, 3.05) is 7.11 Å². The molecule has 0 aliphatic carbocycles. The normalized spacial score (nSPS) is 9.50. The fourth-order valence-electron chi connectivity index (χ4n) is 1.27. The van der Waals surface area contributed by atoms with Crippen LogP contribution >= 0.6 is 0 Å². The molecule has 0 heterocycles. The van der Waals surface area contributed by atoms with Gasteiger partial charge < -0.3 is 4.74 Å². The van der Waals surface area contributed by atoms with Gasteiger partial charge >= 0.3 is 0 Å². The van der Waals surface area contributed by atoms with Crippen LogP contribution in [0.1, 0.15) is 12.0 Å². The van der Waals surface area contributed by atoms with Gasteiger partial charge in [0, 0.05) is 6.42 Å². The van der Waals surface area contributed by atoms with E-state index < -0.39 is 0 Å². The second-order valence-electron chi connectivity index (χ2n) is 2.98. The molecule has 0 saturated carbocycles. The first-order chi connectivity index (χ1) is 6.77. The Morgan fingerprint density at radius 2 is 2.21 bits per heavy atom. The molecular formula is C12H14O2. The molecule has 0 atom stereocenters. The smallest absolute Gasteiger partial charge is 0.155 e. The summed E-state index contributed by atoms with van der Waals surface area (Å²) in [7, 11) is 1.63. The minimum Gasteiger partial charge on any atom is -0.496 e. The molecule has 0 fully saturated rings. The Kier molecular flexibility index (Phi) is 3.92. The molecule has 2 heteroatoms. The van der Waals surface area contributed by atoms with Gasteiger partial charge in [0.25, 0.3) is 0 Å². The van der Waals surface area contributed by atoms with Gasteiger partial charge in [-0.15, -0.1) is 0 Å². The lowest BCUT2D eigenvalue weighted by molar-refractivity contribution is -0.114. The van der Waals surface area contributed by atoms with Gasteiger partial charge in [0.05, 0.1) is 7.11 Å². The Bertz CT molecular complexity index is 329. The van der Waals surface area contributed by atoms with Crippen LogP contribution in [-0.2, 0) is 11.2 Å². The number of hydrogen-bond donors (Lipinski definition) is 0. The van der Waals surface area contributed by atoms with Crippen LogP contribution in [0.4, 0.5) is 0 Å². The largest absolute Gasteiger partial charge is 0.496 e. The number of methoxy groups -OCH3 is 1. The summed E-state index contributed by atoms with van der Waals surface area (Å²) in [6.45, 7) is 3.43. The number of benzene rings is 1. The molecule has 1 aromatic rings. The van der Waals surface area contributed by atoms with Crippen LogP contribution < -0.4 is 4.74 Å². The second kappa shape index (κ2) is 5.22. The second-order valence-corrected chi connectivity index (χ2v) is 2.98. The SMILES string of the molecule is C=CC(=O)CCc1ccccc1OC. The van der Waals surface area contributed by atoms with E-state index in [1.54, 1.807) is 7.11 Å². The summed E-state index contributed by atoms with van der Waals surface area (Å²) in [4.78, 5) is 11.0. The molecule has 0 bridgehead atoms. The van der Waals surface area contributed by atoms with Gasteiger partial charge in [-0.05, 0) is 24.1 Å². The van der Waals surface area contributed by atoms with Crippen LogP contribution in [-0.4, -0.2) is 12.9 Å². The highest BCUT2D eigenvalue weighted by molar-refractivity contribution is 5.89. The third-order valence-corrected chi connectivity index (χ3v) is 2.06. The standard InChI is InChI=1S/C12H14O2/c1-3-11(13)9-8-10-6-4-5-7-12(10)14-2/h3-7H,1,8-9H2,2H3. The van der Waals surface area contributed by atoms with E-state index in [2.05, 4.69) is 6.58 Å². The number of ether oxygens (including phenoxy) is 1. The van der Waals surface area contributed by atoms with Gasteiger partial charge in [-0.2, -0.15) is 0 Å². The predicted octanol–water partition coefficient (Wildman–Crippen LogP) is 2.38. The number of hydrogen-bond acceptors (Lipinski definition) is 2. The fraction of sp³-hybridized carbons (Fsp3) is 0.250. The first kappa shape index (κ1) is 10.5. The number of ketones is 1. The van der Waals surface area contributed by atoms with Crippen molar-refractivity contribution in [2.45, 2.75) is 12.8 Å². The number of carbonyl (C=O) groups is 1. The molecule has 0 aromatic heterocycles. The minimum atomic E-state index is 0.0657. The van der Waals surface area contributed by atoms with E-state index >= 15 is 0 Å². The summed E-state index contributed by atoms with van der Waals surface area (Å²) >= 11 is 0. The number of aryl methyl sites for hydroxylation is 1. The number of carbonyl (C=O) groups excluding carboxylic acids is 1. The molecule has 0 unspecified atom stereocenters. The van der Waals surface area contributed by atoms with Crippen LogP contribution in [0.15, 0.2) is 36.9 Å². The molecular weight excluding hydrogens is 176 g/mol. The average molecular weight is 190 g/mol. The average Bonchev–Trinajstić information content (AvgIpc) is 2.26. The highest BCUT2D eigenvalue weighted by Crippen LogP contribution is 2.18. The first-order valence-electron chi connectivity index (χ1n) is 4.55. The molecule has 0 radical (unpaired) electrons. The van der Waals surface area contributed by atoms with Crippen molar-refractivity contribution in [2.24, 2.45) is 0 Å². The van der Waals surface area contributed by atoms with Crippen molar-refractivity contribution in [3.63, 3.8) is 0 Å². The van der Waals surface area contributed by atoms with Gasteiger partial charge in [0.2, 0.25) is 0 Å². The minimum absolute atomic E-state index is 0.0657. The summed E-state index contributed by atoms with van der Waals surface area (Å²) in [6.07, 6.45) is 2.55. The molecule has 74 valence electrons. The van der Waals surface area contributed by atoms with Crippen molar-refractivity contribution < 1.29 is 9.53 Å². The summed E-state index contributed by atoms with van der Waals surface area (Å²) < 4.78 is 5.17. The number of rotatable bonds is 5. The Balaban J connectivity index is 2.66. The molecule has 0 spiro atoms. The molecule has 0 amide bonds. The number of allylic oxidation sites excluding steroid dienone is 1. The molecule has 0 saturated heterocycles. The van der Waals surface area contributed by atoms with E-state index in [1.807, 2.05) is 24.3 Å². The quantitative estimate of drug-likeness (QED) is 0.666. The fourth-order valence-corrected chi connectivity index (χ4v) is 1.27. The van der Waals surface area contributed by atoms with Crippen LogP contribution in [0, 0.1) is 0 Å². The predicted molar refractivity (Wildman–Crippen MR) is 56.5 cm³/mol. The Morgan fingerprint density at radius 3 is 2.86 bits per heavy atom. The van der Waals surface area contributed by atoms with Crippen molar-refractivity contribution in [3.05, 3.63) is 42.5 Å². The molecule has 2 nitrogen and oxygen atoms in total. The lowest BCUT2D eigenvalue weighted by Gasteiger charge is -2.06. The lowest BCUT2D eigenvalue weighted by atomic mass is 10.1. The van der Waals surface area contributed by atoms with E-state index in [-0.39, 0.29) is 5.78 Å². The maximum atomic E-state index is 11.0. The topological polar surface area (TPSA) is 26.3 Å². The monoisotopic (exact) mass is 190 g/mol. The van der Waals surface area contributed by atoms with Crippen LogP contribution in [0.25, 0.3) is 0 Å². The molecule has 14 heavy (non-hydrogen) atoms. The zero-order valence-electron chi connectivity index (χ0n) is 8.32. The zero-order chi connectivity index (χ0) is 10.4. The maximum Gasteiger partial charge on any atom is 0.155 e. The van der Waals surface area contributed by atoms with Gasteiger partial charge in [-0.25, -0.2) is 0 Å². The maximum absolute atomic E-state index is 11.0. The third-order valence-electron chi connectivity index (χ3n) is 2.06. The molecule has 0 aliphatic heterocycles. The van der Waals surface area contributed by atoms with Crippen molar-refractivity contribution >= 4 is 5.78 Å². The highest BCUT2D eigenvalue weighted by atomic mass is 16.5. The molecule has 1 rings (SSSR count). The van der Waals surface area contributed by atoms with Gasteiger partial charge in [-0.3, -0.25) is 4.79 Å². The highest BCUT2D eigenvalue weighted by Gasteiger charge is 2.03. The van der Waals surface area contributed by atoms with Gasteiger partial charge in [0.15, 0.2) is 5.78 Å². The van der Waals surface area contributed by atoms with E-state index in [9.17, 15) is 4.79 Å². The summed E-state index contributed by atoms with van der Waals surface area (Å²) in [6, 6.07) is 7.72. The van der Waals surface area contributed by atoms with Crippen molar-refractivity contribution in [3.8, 4) is 5.75 Å². The molecule has 0 aliphatic rings. The van der Waals surface area contributed by atoms with E-state index in [0.717, 1.165) is 11.3 Å². The van der Waals surface area contributed by atoms with Gasteiger partial charge in [-0.1, -0.05) is 24.8 Å². The Hall–Kier alpha value is -1.57. The number of para-hydroxylation sites is 1. The Labute approximate surface area is 84.2 Å². The summed E-state index contributed by atoms with van der Waals surface area (Å²) in [5, 5.41) is 0. The van der Waals surface area contributed by atoms with Crippen LogP contribution in [0.3, 0.4) is 0 Å². The molecule has 0 N–H and O–H groups in total. The van der Waals surface area contributed by atoms with Crippen molar-refractivity contribution in [1.29, 1.82) is 0 Å². The lowest BCUT2D eigenvalue weighted by Crippen LogP contribution is -1.97. The van der Waals surface area contributed by atoms with Crippen LogP contribution in [0.5, 0.6) is 5.75 Å².